The van der Waals surface area contributed by atoms with E-state index in [0.717, 1.165) is 6.42 Å². The molecule has 0 saturated carbocycles. The van der Waals surface area contributed by atoms with E-state index in [9.17, 15) is 0 Å². The van der Waals surface area contributed by atoms with E-state index in [1.165, 1.54) is 5.56 Å². The second-order valence-electron chi connectivity index (χ2n) is 2.99. The highest BCUT2D eigenvalue weighted by atomic mass is 32.1. The van der Waals surface area contributed by atoms with Gasteiger partial charge < -0.3 is 5.73 Å². The van der Waals surface area contributed by atoms with E-state index in [1.54, 1.807) is 0 Å². The first-order chi connectivity index (χ1) is 6.70. The van der Waals surface area contributed by atoms with Gasteiger partial charge in [-0.05, 0) is 12.0 Å². The first-order valence-electron chi connectivity index (χ1n) is 5.03. The largest absolute Gasteiger partial charge is 0.393 e. The highest BCUT2D eigenvalue weighted by Gasteiger charge is 2.04. The van der Waals surface area contributed by atoms with E-state index < -0.39 is 0 Å². The van der Waals surface area contributed by atoms with Crippen molar-refractivity contribution in [1.82, 2.24) is 0 Å². The van der Waals surface area contributed by atoms with Gasteiger partial charge in [0.1, 0.15) is 0 Å². The van der Waals surface area contributed by atoms with Crippen LogP contribution in [0.25, 0.3) is 0 Å². The molecule has 2 N–H and O–H groups in total. The first kappa shape index (κ1) is 13.1. The molecule has 1 nitrogen and oxygen atoms in total. The Morgan fingerprint density at radius 1 is 1.29 bits per heavy atom. The molecule has 0 saturated heterocycles. The van der Waals surface area contributed by atoms with E-state index in [4.69, 9.17) is 18.0 Å². The summed E-state index contributed by atoms with van der Waals surface area (Å²) in [6.07, 6.45) is 0.941. The molecule has 0 aliphatic heterocycles. The van der Waals surface area contributed by atoms with Gasteiger partial charge in [0.05, 0.1) is 4.99 Å². The maximum Gasteiger partial charge on any atom is 0.0759 e. The number of hydrogen-bond acceptors (Lipinski definition) is 1. The fourth-order valence-electron chi connectivity index (χ4n) is 1.07. The summed E-state index contributed by atoms with van der Waals surface area (Å²) in [7, 11) is 0. The highest BCUT2D eigenvalue weighted by Crippen LogP contribution is 2.07. The second kappa shape index (κ2) is 7.51. The van der Waals surface area contributed by atoms with Crippen LogP contribution in [-0.4, -0.2) is 4.99 Å². The fraction of sp³-hybridized carbons (Fsp3) is 0.417. The van der Waals surface area contributed by atoms with Crippen molar-refractivity contribution >= 4 is 17.2 Å². The summed E-state index contributed by atoms with van der Waals surface area (Å²) in [5, 5.41) is 0. The minimum Gasteiger partial charge on any atom is -0.393 e. The topological polar surface area (TPSA) is 26.0 Å². The van der Waals surface area contributed by atoms with Gasteiger partial charge in [0.25, 0.3) is 0 Å². The molecule has 0 aliphatic rings. The monoisotopic (exact) mass is 209 g/mol. The van der Waals surface area contributed by atoms with E-state index in [-0.39, 0.29) is 0 Å². The predicted octanol–water partition coefficient (Wildman–Crippen LogP) is 3.18. The van der Waals surface area contributed by atoms with Gasteiger partial charge in [-0.2, -0.15) is 0 Å². The SMILES string of the molecule is CC.C[C@@H](Cc1ccccc1)C(N)=S. The lowest BCUT2D eigenvalue weighted by molar-refractivity contribution is 0.771. The van der Waals surface area contributed by atoms with Crippen LogP contribution >= 0.6 is 12.2 Å². The lowest BCUT2D eigenvalue weighted by Gasteiger charge is -2.08. The molecule has 1 atom stereocenters. The van der Waals surface area contributed by atoms with Crippen LogP contribution in [0.4, 0.5) is 0 Å². The third-order valence-corrected chi connectivity index (χ3v) is 2.27. The quantitative estimate of drug-likeness (QED) is 0.774. The summed E-state index contributed by atoms with van der Waals surface area (Å²) in [5.74, 6) is 0.294. The lowest BCUT2D eigenvalue weighted by atomic mass is 10.0. The molecule has 0 unspecified atom stereocenters. The van der Waals surface area contributed by atoms with Gasteiger partial charge in [0.15, 0.2) is 0 Å². The summed E-state index contributed by atoms with van der Waals surface area (Å²) in [6, 6.07) is 10.3. The van der Waals surface area contributed by atoms with Crippen molar-refractivity contribution in [3.63, 3.8) is 0 Å². The van der Waals surface area contributed by atoms with Gasteiger partial charge in [-0.15, -0.1) is 0 Å². The summed E-state index contributed by atoms with van der Waals surface area (Å²) in [5.41, 5.74) is 6.80. The smallest absolute Gasteiger partial charge is 0.0759 e. The third kappa shape index (κ3) is 4.97. The Kier molecular flexibility index (Phi) is 7.03. The maximum atomic E-state index is 5.52. The predicted molar refractivity (Wildman–Crippen MR) is 67.4 cm³/mol. The van der Waals surface area contributed by atoms with E-state index >= 15 is 0 Å². The van der Waals surface area contributed by atoms with Gasteiger partial charge in [-0.3, -0.25) is 0 Å². The number of thiocarbonyl (C=S) groups is 1. The molecule has 1 aromatic carbocycles. The second-order valence-corrected chi connectivity index (χ2v) is 3.46. The molecule has 0 aromatic heterocycles. The van der Waals surface area contributed by atoms with Crippen LogP contribution in [0.1, 0.15) is 26.3 Å². The molecule has 1 aromatic rings. The molecule has 14 heavy (non-hydrogen) atoms. The highest BCUT2D eigenvalue weighted by molar-refractivity contribution is 7.80. The zero-order chi connectivity index (χ0) is 11.0. The molecule has 0 aliphatic carbocycles. The molecule has 0 fully saturated rings. The average Bonchev–Trinajstić information content (AvgIpc) is 2.22. The molecule has 1 rings (SSSR count). The molecule has 0 bridgehead atoms. The van der Waals surface area contributed by atoms with Crippen molar-refractivity contribution in [2.45, 2.75) is 27.2 Å². The zero-order valence-electron chi connectivity index (χ0n) is 9.16. The molecule has 0 radical (unpaired) electrons. The van der Waals surface area contributed by atoms with Crippen molar-refractivity contribution in [3.8, 4) is 0 Å². The average molecular weight is 209 g/mol. The van der Waals surface area contributed by atoms with Crippen molar-refractivity contribution < 1.29 is 0 Å². The summed E-state index contributed by atoms with van der Waals surface area (Å²) >= 11 is 4.90. The van der Waals surface area contributed by atoms with Crippen molar-refractivity contribution in [2.75, 3.05) is 0 Å². The minimum absolute atomic E-state index is 0.294. The van der Waals surface area contributed by atoms with Crippen molar-refractivity contribution in [3.05, 3.63) is 35.9 Å². The van der Waals surface area contributed by atoms with Crippen LogP contribution in [0.3, 0.4) is 0 Å². The molecule has 78 valence electrons. The van der Waals surface area contributed by atoms with Crippen LogP contribution in [-0.2, 0) is 6.42 Å². The Hall–Kier alpha value is -0.890. The standard InChI is InChI=1S/C10H13NS.C2H6/c1-8(10(11)12)7-9-5-3-2-4-6-9;1-2/h2-6,8H,7H2,1H3,(H2,11,12);1-2H3/t8-;/m0./s1. The molecule has 0 spiro atoms. The van der Waals surface area contributed by atoms with Crippen LogP contribution in [0, 0.1) is 5.92 Å². The molecular formula is C12H19NS. The Morgan fingerprint density at radius 3 is 2.21 bits per heavy atom. The third-order valence-electron chi connectivity index (χ3n) is 1.87. The lowest BCUT2D eigenvalue weighted by Crippen LogP contribution is -2.20. The van der Waals surface area contributed by atoms with Crippen LogP contribution < -0.4 is 5.73 Å². The zero-order valence-corrected chi connectivity index (χ0v) is 9.97. The first-order valence-corrected chi connectivity index (χ1v) is 5.44. The number of rotatable bonds is 3. The van der Waals surface area contributed by atoms with Gasteiger partial charge in [0, 0.05) is 5.92 Å². The van der Waals surface area contributed by atoms with Crippen LogP contribution in [0.2, 0.25) is 0 Å². The van der Waals surface area contributed by atoms with E-state index in [1.807, 2.05) is 32.0 Å². The summed E-state index contributed by atoms with van der Waals surface area (Å²) in [6.45, 7) is 6.05. The maximum absolute atomic E-state index is 5.52. The molecule has 0 heterocycles. The van der Waals surface area contributed by atoms with Crippen LogP contribution in [0.15, 0.2) is 30.3 Å². The van der Waals surface area contributed by atoms with E-state index in [0.29, 0.717) is 10.9 Å². The van der Waals surface area contributed by atoms with E-state index in [2.05, 4.69) is 19.1 Å². The Morgan fingerprint density at radius 2 is 1.79 bits per heavy atom. The number of hydrogen-bond donors (Lipinski definition) is 1. The van der Waals surface area contributed by atoms with Gasteiger partial charge in [0.2, 0.25) is 0 Å². The summed E-state index contributed by atoms with van der Waals surface area (Å²) in [4.78, 5) is 0.596. The van der Waals surface area contributed by atoms with Gasteiger partial charge in [-0.1, -0.05) is 63.3 Å². The number of nitrogens with two attached hydrogens (primary N) is 1. The Balaban J connectivity index is 0.000000791. The molecular weight excluding hydrogens is 190 g/mol. The Bertz CT molecular complexity index is 256. The number of benzene rings is 1. The Labute approximate surface area is 92.3 Å². The van der Waals surface area contributed by atoms with Crippen molar-refractivity contribution in [2.24, 2.45) is 11.7 Å². The molecule has 2 heteroatoms. The fourth-order valence-corrected chi connectivity index (χ4v) is 1.15. The minimum atomic E-state index is 0.294. The summed E-state index contributed by atoms with van der Waals surface area (Å²) < 4.78 is 0. The van der Waals surface area contributed by atoms with Crippen LogP contribution in [0.5, 0.6) is 0 Å². The van der Waals surface area contributed by atoms with Gasteiger partial charge in [-0.25, -0.2) is 0 Å². The normalized spacial score (nSPS) is 11.1. The molecule has 0 amide bonds. The van der Waals surface area contributed by atoms with Crippen molar-refractivity contribution in [1.29, 1.82) is 0 Å². The van der Waals surface area contributed by atoms with Gasteiger partial charge >= 0.3 is 0 Å².